The number of carboxylic acids is 2. The molecule has 0 saturated carbocycles. The first kappa shape index (κ1) is 21.7. The summed E-state index contributed by atoms with van der Waals surface area (Å²) in [5, 5.41) is 32.1. The minimum atomic E-state index is -2.48. The lowest BCUT2D eigenvalue weighted by Gasteiger charge is -2.31. The quantitative estimate of drug-likeness (QED) is 0.341. The zero-order valence-corrected chi connectivity index (χ0v) is 16.5. The second kappa shape index (κ2) is 9.21. The number of aliphatic carboxylic acids is 2. The van der Waals surface area contributed by atoms with Crippen molar-refractivity contribution in [3.8, 4) is 17.2 Å². The van der Waals surface area contributed by atoms with Gasteiger partial charge in [0.2, 0.25) is 0 Å². The SMILES string of the molecule is O=C(O)C1(C(=O)O)COc2cc(OCCNCC(O)c3cccc(Cl)c3)ccc2O1. The lowest BCUT2D eigenvalue weighted by molar-refractivity contribution is -0.177. The molecule has 9 nitrogen and oxygen atoms in total. The van der Waals surface area contributed by atoms with E-state index in [-0.39, 0.29) is 18.1 Å². The first-order valence-electron chi connectivity index (χ1n) is 9.01. The van der Waals surface area contributed by atoms with Crippen LogP contribution < -0.4 is 19.5 Å². The van der Waals surface area contributed by atoms with Crippen LogP contribution in [0.15, 0.2) is 42.5 Å². The Morgan fingerprint density at radius 3 is 2.63 bits per heavy atom. The van der Waals surface area contributed by atoms with Crippen LogP contribution in [0.2, 0.25) is 5.02 Å². The Morgan fingerprint density at radius 2 is 1.93 bits per heavy atom. The standard InChI is InChI=1S/C20H20ClNO8/c21-13-3-1-2-12(8-13)15(23)10-22-6-7-28-14-4-5-16-17(9-14)29-11-20(30-16,18(24)25)19(26)27/h1-5,8-9,15,22-23H,6-7,10-11H2,(H,24,25)(H,26,27). The average Bonchev–Trinajstić information content (AvgIpc) is 2.72. The third kappa shape index (κ3) is 4.76. The summed E-state index contributed by atoms with van der Waals surface area (Å²) in [7, 11) is 0. The summed E-state index contributed by atoms with van der Waals surface area (Å²) in [6.07, 6.45) is -0.707. The van der Waals surface area contributed by atoms with Crippen LogP contribution in [0, 0.1) is 0 Å². The van der Waals surface area contributed by atoms with Gasteiger partial charge in [0, 0.05) is 24.2 Å². The molecule has 0 aromatic heterocycles. The van der Waals surface area contributed by atoms with Gasteiger partial charge in [0.05, 0.1) is 6.10 Å². The van der Waals surface area contributed by atoms with E-state index in [1.807, 2.05) is 0 Å². The van der Waals surface area contributed by atoms with E-state index < -0.39 is 30.3 Å². The molecule has 0 radical (unpaired) electrons. The highest BCUT2D eigenvalue weighted by atomic mass is 35.5. The smallest absolute Gasteiger partial charge is 0.363 e. The minimum Gasteiger partial charge on any atom is -0.492 e. The van der Waals surface area contributed by atoms with Crippen molar-refractivity contribution in [1.82, 2.24) is 5.32 Å². The molecule has 0 fully saturated rings. The second-order valence-corrected chi connectivity index (χ2v) is 7.00. The first-order valence-corrected chi connectivity index (χ1v) is 9.39. The van der Waals surface area contributed by atoms with Gasteiger partial charge < -0.3 is 34.8 Å². The number of ether oxygens (including phenoxy) is 3. The molecule has 2 aromatic carbocycles. The summed E-state index contributed by atoms with van der Waals surface area (Å²) in [6.45, 7) is 0.387. The van der Waals surface area contributed by atoms with Gasteiger partial charge in [-0.3, -0.25) is 0 Å². The molecular formula is C20H20ClNO8. The summed E-state index contributed by atoms with van der Waals surface area (Å²) in [6, 6.07) is 11.4. The molecule has 4 N–H and O–H groups in total. The van der Waals surface area contributed by atoms with Gasteiger partial charge in [-0.25, -0.2) is 9.59 Å². The average molecular weight is 438 g/mol. The van der Waals surface area contributed by atoms with Crippen molar-refractivity contribution in [2.24, 2.45) is 0 Å². The fourth-order valence-corrected chi connectivity index (χ4v) is 2.98. The van der Waals surface area contributed by atoms with Crippen molar-refractivity contribution in [2.75, 3.05) is 26.3 Å². The number of aliphatic hydroxyl groups excluding tert-OH is 1. The predicted octanol–water partition coefficient (Wildman–Crippen LogP) is 1.72. The van der Waals surface area contributed by atoms with Crippen molar-refractivity contribution in [3.63, 3.8) is 0 Å². The van der Waals surface area contributed by atoms with Gasteiger partial charge in [-0.1, -0.05) is 23.7 Å². The Bertz CT molecular complexity index is 921. The van der Waals surface area contributed by atoms with Gasteiger partial charge in [0.1, 0.15) is 12.4 Å². The highest BCUT2D eigenvalue weighted by Crippen LogP contribution is 2.38. The van der Waals surface area contributed by atoms with Gasteiger partial charge in [-0.05, 0) is 29.8 Å². The van der Waals surface area contributed by atoms with Crippen LogP contribution in [0.25, 0.3) is 0 Å². The number of carboxylic acid groups (broad SMARTS) is 2. The Balaban J connectivity index is 1.49. The molecule has 1 unspecified atom stereocenters. The molecule has 1 heterocycles. The zero-order valence-electron chi connectivity index (χ0n) is 15.7. The molecule has 10 heteroatoms. The number of hydrogen-bond acceptors (Lipinski definition) is 7. The molecule has 0 spiro atoms. The van der Waals surface area contributed by atoms with Crippen molar-refractivity contribution >= 4 is 23.5 Å². The Labute approximate surface area is 176 Å². The molecule has 0 aliphatic carbocycles. The molecule has 2 aromatic rings. The Hall–Kier alpha value is -3.01. The van der Waals surface area contributed by atoms with Crippen molar-refractivity contribution in [1.29, 1.82) is 0 Å². The molecule has 160 valence electrons. The molecule has 3 rings (SSSR count). The van der Waals surface area contributed by atoms with Crippen LogP contribution in [0.5, 0.6) is 17.2 Å². The van der Waals surface area contributed by atoms with E-state index in [0.717, 1.165) is 0 Å². The monoisotopic (exact) mass is 437 g/mol. The molecule has 0 amide bonds. The first-order chi connectivity index (χ1) is 14.3. The van der Waals surface area contributed by atoms with Crippen LogP contribution in [0.4, 0.5) is 0 Å². The van der Waals surface area contributed by atoms with Crippen LogP contribution in [0.3, 0.4) is 0 Å². The van der Waals surface area contributed by atoms with Gasteiger partial charge in [0.15, 0.2) is 18.1 Å². The van der Waals surface area contributed by atoms with E-state index >= 15 is 0 Å². The van der Waals surface area contributed by atoms with Crippen LogP contribution in [-0.2, 0) is 9.59 Å². The maximum atomic E-state index is 11.3. The fraction of sp³-hybridized carbons (Fsp3) is 0.300. The Kier molecular flexibility index (Phi) is 6.66. The fourth-order valence-electron chi connectivity index (χ4n) is 2.79. The van der Waals surface area contributed by atoms with E-state index in [0.29, 0.717) is 29.4 Å². The van der Waals surface area contributed by atoms with E-state index in [4.69, 9.17) is 25.8 Å². The lowest BCUT2D eigenvalue weighted by atomic mass is 10.0. The molecule has 30 heavy (non-hydrogen) atoms. The molecule has 1 atom stereocenters. The lowest BCUT2D eigenvalue weighted by Crippen LogP contribution is -2.57. The van der Waals surface area contributed by atoms with Gasteiger partial charge in [-0.2, -0.15) is 0 Å². The topological polar surface area (TPSA) is 135 Å². The van der Waals surface area contributed by atoms with Crippen molar-refractivity contribution in [2.45, 2.75) is 11.7 Å². The van der Waals surface area contributed by atoms with Gasteiger partial charge in [-0.15, -0.1) is 0 Å². The number of carbonyl (C=O) groups is 2. The number of aliphatic hydroxyl groups is 1. The second-order valence-electron chi connectivity index (χ2n) is 6.56. The number of benzene rings is 2. The van der Waals surface area contributed by atoms with Crippen molar-refractivity contribution in [3.05, 3.63) is 53.1 Å². The highest BCUT2D eigenvalue weighted by molar-refractivity contribution is 6.30. The summed E-state index contributed by atoms with van der Waals surface area (Å²) in [5.74, 6) is -2.66. The summed E-state index contributed by atoms with van der Waals surface area (Å²) < 4.78 is 16.1. The number of hydrogen-bond donors (Lipinski definition) is 4. The largest absolute Gasteiger partial charge is 0.492 e. The van der Waals surface area contributed by atoms with E-state index in [1.165, 1.54) is 18.2 Å². The van der Waals surface area contributed by atoms with Crippen molar-refractivity contribution < 1.29 is 39.1 Å². The molecular weight excluding hydrogens is 418 g/mol. The van der Waals surface area contributed by atoms with E-state index in [1.54, 1.807) is 24.3 Å². The number of halogens is 1. The van der Waals surface area contributed by atoms with E-state index in [9.17, 15) is 24.9 Å². The summed E-state index contributed by atoms with van der Waals surface area (Å²) in [5.41, 5.74) is -1.77. The molecule has 1 aliphatic heterocycles. The third-order valence-corrected chi connectivity index (χ3v) is 4.68. The summed E-state index contributed by atoms with van der Waals surface area (Å²) >= 11 is 5.91. The van der Waals surface area contributed by atoms with E-state index in [2.05, 4.69) is 5.32 Å². The molecule has 1 aliphatic rings. The molecule has 0 bridgehead atoms. The number of rotatable bonds is 9. The minimum absolute atomic E-state index is 0.00108. The van der Waals surface area contributed by atoms with Crippen LogP contribution in [0.1, 0.15) is 11.7 Å². The predicted molar refractivity (Wildman–Crippen MR) is 105 cm³/mol. The maximum absolute atomic E-state index is 11.3. The van der Waals surface area contributed by atoms with Gasteiger partial charge >= 0.3 is 17.5 Å². The zero-order chi connectivity index (χ0) is 21.7. The summed E-state index contributed by atoms with van der Waals surface area (Å²) in [4.78, 5) is 22.6. The van der Waals surface area contributed by atoms with Gasteiger partial charge in [0.25, 0.3) is 0 Å². The van der Waals surface area contributed by atoms with Crippen LogP contribution in [-0.4, -0.2) is 59.2 Å². The number of fused-ring (bicyclic) bond motifs is 1. The van der Waals surface area contributed by atoms with Crippen LogP contribution >= 0.6 is 11.6 Å². The third-order valence-electron chi connectivity index (χ3n) is 4.44. The number of nitrogens with one attached hydrogen (secondary N) is 1. The highest BCUT2D eigenvalue weighted by Gasteiger charge is 2.53. The maximum Gasteiger partial charge on any atom is 0.363 e. The molecule has 0 saturated heterocycles. The normalized spacial score (nSPS) is 15.3. The Morgan fingerprint density at radius 1 is 1.17 bits per heavy atom.